The van der Waals surface area contributed by atoms with Gasteiger partial charge in [-0.25, -0.2) is 0 Å². The van der Waals surface area contributed by atoms with Crippen LogP contribution in [0, 0.1) is 0 Å². The van der Waals surface area contributed by atoms with E-state index in [9.17, 15) is 8.42 Å². The van der Waals surface area contributed by atoms with Crippen LogP contribution in [-0.4, -0.2) is 39.7 Å². The lowest BCUT2D eigenvalue weighted by molar-refractivity contribution is 0.204. The van der Waals surface area contributed by atoms with Gasteiger partial charge in [0.05, 0.1) is 12.3 Å². The molecule has 0 saturated heterocycles. The third-order valence-electron chi connectivity index (χ3n) is 2.21. The Morgan fingerprint density at radius 3 is 2.85 bits per heavy atom. The first-order valence-electron chi connectivity index (χ1n) is 5.43. The molecule has 1 aromatic rings. The summed E-state index contributed by atoms with van der Waals surface area (Å²) in [5.41, 5.74) is 5.93. The number of hydrogen-bond acceptors (Lipinski definition) is 5. The third kappa shape index (κ3) is 4.96. The molecule has 8 nitrogen and oxygen atoms in total. The molecule has 0 fully saturated rings. The summed E-state index contributed by atoms with van der Waals surface area (Å²) >= 11 is 3.22. The summed E-state index contributed by atoms with van der Waals surface area (Å²) in [4.78, 5) is 0. The minimum absolute atomic E-state index is 0.124. The van der Waals surface area contributed by atoms with Crippen LogP contribution in [0.15, 0.2) is 27.8 Å². The predicted octanol–water partition coefficient (Wildman–Crippen LogP) is 0.436. The van der Waals surface area contributed by atoms with E-state index < -0.39 is 10.2 Å². The van der Waals surface area contributed by atoms with E-state index in [1.54, 1.807) is 6.07 Å². The van der Waals surface area contributed by atoms with Crippen molar-refractivity contribution in [2.45, 2.75) is 0 Å². The molecule has 0 bridgehead atoms. The molecular formula is C10H15BrN4O4S. The molecule has 0 saturated carbocycles. The molecule has 5 N–H and O–H groups in total. The number of nitrogens with one attached hydrogen (secondary N) is 2. The lowest BCUT2D eigenvalue weighted by Crippen LogP contribution is -2.33. The van der Waals surface area contributed by atoms with Gasteiger partial charge in [-0.2, -0.15) is 13.1 Å². The predicted molar refractivity (Wildman–Crippen MR) is 79.1 cm³/mol. The van der Waals surface area contributed by atoms with Gasteiger partial charge < -0.3 is 15.7 Å². The maximum absolute atomic E-state index is 11.8. The summed E-state index contributed by atoms with van der Waals surface area (Å²) < 4.78 is 33.6. The summed E-state index contributed by atoms with van der Waals surface area (Å²) in [5, 5.41) is 11.6. The Bertz CT molecular complexity index is 591. The second-order valence-electron chi connectivity index (χ2n) is 3.67. The number of nitrogens with zero attached hydrogens (tertiary/aromatic N) is 1. The van der Waals surface area contributed by atoms with Gasteiger partial charge in [0.25, 0.3) is 10.2 Å². The van der Waals surface area contributed by atoms with Crippen LogP contribution >= 0.6 is 15.9 Å². The molecule has 1 aromatic carbocycles. The number of hydrogen-bond donors (Lipinski definition) is 4. The van der Waals surface area contributed by atoms with Gasteiger partial charge >= 0.3 is 0 Å². The first-order chi connectivity index (χ1) is 9.39. The molecule has 20 heavy (non-hydrogen) atoms. The molecule has 10 heteroatoms. The lowest BCUT2D eigenvalue weighted by atomic mass is 10.2. The standard InChI is InChI=1S/C10H15BrN4O4S/c1-19-5-4-13-20(17,18)15-9-6-7(11)2-3-8(9)10(12)14-16/h2-3,6,13,15-16H,4-5H2,1H3,(H2,12,14). The average molecular weight is 367 g/mol. The van der Waals surface area contributed by atoms with Gasteiger partial charge in [0, 0.05) is 23.7 Å². The maximum atomic E-state index is 11.8. The number of nitrogens with two attached hydrogens (primary N) is 1. The molecule has 0 aliphatic rings. The highest BCUT2D eigenvalue weighted by Crippen LogP contribution is 2.22. The maximum Gasteiger partial charge on any atom is 0.299 e. The number of anilines is 1. The molecule has 112 valence electrons. The molecular weight excluding hydrogens is 352 g/mol. The van der Waals surface area contributed by atoms with E-state index in [2.05, 4.69) is 30.5 Å². The van der Waals surface area contributed by atoms with Crippen LogP contribution in [-0.2, 0) is 14.9 Å². The summed E-state index contributed by atoms with van der Waals surface area (Å²) in [6, 6.07) is 4.67. The van der Waals surface area contributed by atoms with Crippen LogP contribution in [0.2, 0.25) is 0 Å². The van der Waals surface area contributed by atoms with E-state index in [0.717, 1.165) is 0 Å². The Balaban J connectivity index is 2.99. The second kappa shape index (κ2) is 7.43. The Morgan fingerprint density at radius 1 is 1.55 bits per heavy atom. The van der Waals surface area contributed by atoms with Crippen molar-refractivity contribution in [1.82, 2.24) is 4.72 Å². The van der Waals surface area contributed by atoms with E-state index in [1.165, 1.54) is 19.2 Å². The zero-order valence-electron chi connectivity index (χ0n) is 10.6. The summed E-state index contributed by atoms with van der Waals surface area (Å²) in [7, 11) is -2.32. The Kier molecular flexibility index (Phi) is 6.20. The van der Waals surface area contributed by atoms with Gasteiger partial charge in [0.15, 0.2) is 5.84 Å². The Hall–Kier alpha value is -1.36. The van der Waals surface area contributed by atoms with Crippen molar-refractivity contribution in [3.05, 3.63) is 28.2 Å². The van der Waals surface area contributed by atoms with Crippen LogP contribution in [0.5, 0.6) is 0 Å². The SMILES string of the molecule is COCCNS(=O)(=O)Nc1cc(Br)ccc1/C(N)=N/O. The molecule has 1 rings (SSSR count). The molecule has 0 spiro atoms. The van der Waals surface area contributed by atoms with Crippen molar-refractivity contribution in [2.24, 2.45) is 10.9 Å². The fraction of sp³-hybridized carbons (Fsp3) is 0.300. The lowest BCUT2D eigenvalue weighted by Gasteiger charge is -2.12. The topological polar surface area (TPSA) is 126 Å². The van der Waals surface area contributed by atoms with E-state index >= 15 is 0 Å². The van der Waals surface area contributed by atoms with E-state index in [4.69, 9.17) is 15.7 Å². The largest absolute Gasteiger partial charge is 0.409 e. The van der Waals surface area contributed by atoms with Gasteiger partial charge in [-0.05, 0) is 18.2 Å². The highest BCUT2D eigenvalue weighted by Gasteiger charge is 2.14. The van der Waals surface area contributed by atoms with Crippen molar-refractivity contribution in [3.8, 4) is 0 Å². The van der Waals surface area contributed by atoms with Crippen LogP contribution < -0.4 is 15.2 Å². The van der Waals surface area contributed by atoms with Crippen LogP contribution in [0.1, 0.15) is 5.56 Å². The van der Waals surface area contributed by atoms with Crippen molar-refractivity contribution in [1.29, 1.82) is 0 Å². The zero-order valence-corrected chi connectivity index (χ0v) is 13.0. The van der Waals surface area contributed by atoms with Gasteiger partial charge in [0.1, 0.15) is 0 Å². The molecule has 0 atom stereocenters. The number of ether oxygens (including phenoxy) is 1. The molecule has 0 unspecified atom stereocenters. The number of methoxy groups -OCH3 is 1. The van der Waals surface area contributed by atoms with E-state index in [0.29, 0.717) is 4.47 Å². The third-order valence-corrected chi connectivity index (χ3v) is 3.77. The number of oxime groups is 1. The number of benzene rings is 1. The first kappa shape index (κ1) is 16.7. The van der Waals surface area contributed by atoms with Crippen molar-refractivity contribution in [2.75, 3.05) is 25.0 Å². The van der Waals surface area contributed by atoms with Gasteiger partial charge in [-0.15, -0.1) is 0 Å². The first-order valence-corrected chi connectivity index (χ1v) is 7.71. The number of amidine groups is 1. The van der Waals surface area contributed by atoms with Crippen LogP contribution in [0.4, 0.5) is 5.69 Å². The van der Waals surface area contributed by atoms with Crippen molar-refractivity contribution in [3.63, 3.8) is 0 Å². The highest BCUT2D eigenvalue weighted by atomic mass is 79.9. The number of halogens is 1. The van der Waals surface area contributed by atoms with Crippen molar-refractivity contribution < 1.29 is 18.4 Å². The Labute approximate surface area is 125 Å². The fourth-order valence-corrected chi connectivity index (χ4v) is 2.58. The van der Waals surface area contributed by atoms with Gasteiger partial charge in [-0.1, -0.05) is 21.1 Å². The molecule has 0 aliphatic heterocycles. The summed E-state index contributed by atoms with van der Waals surface area (Å²) in [6.45, 7) is 0.366. The molecule has 0 heterocycles. The minimum Gasteiger partial charge on any atom is -0.409 e. The zero-order chi connectivity index (χ0) is 15.2. The second-order valence-corrected chi connectivity index (χ2v) is 6.08. The normalized spacial score (nSPS) is 12.4. The van der Waals surface area contributed by atoms with Gasteiger partial charge in [-0.3, -0.25) is 4.72 Å². The van der Waals surface area contributed by atoms with Crippen LogP contribution in [0.3, 0.4) is 0 Å². The average Bonchev–Trinajstić information content (AvgIpc) is 2.37. The molecule has 0 aliphatic carbocycles. The monoisotopic (exact) mass is 366 g/mol. The van der Waals surface area contributed by atoms with Gasteiger partial charge in [0.2, 0.25) is 0 Å². The summed E-state index contributed by atoms with van der Waals surface area (Å²) in [5.74, 6) is -0.202. The minimum atomic E-state index is -3.78. The van der Waals surface area contributed by atoms with Crippen molar-refractivity contribution >= 4 is 37.7 Å². The van der Waals surface area contributed by atoms with E-state index in [-0.39, 0.29) is 30.2 Å². The molecule has 0 aromatic heterocycles. The quantitative estimate of drug-likeness (QED) is 0.183. The molecule has 0 amide bonds. The number of rotatable bonds is 7. The van der Waals surface area contributed by atoms with Crippen LogP contribution in [0.25, 0.3) is 0 Å². The smallest absolute Gasteiger partial charge is 0.299 e. The highest BCUT2D eigenvalue weighted by molar-refractivity contribution is 9.10. The molecule has 0 radical (unpaired) electrons. The van der Waals surface area contributed by atoms with E-state index in [1.807, 2.05) is 0 Å². The fourth-order valence-electron chi connectivity index (χ4n) is 1.34. The summed E-state index contributed by atoms with van der Waals surface area (Å²) in [6.07, 6.45) is 0. The Morgan fingerprint density at radius 2 is 2.25 bits per heavy atom.